The van der Waals surface area contributed by atoms with Gasteiger partial charge in [-0.1, -0.05) is 69.3 Å². The van der Waals surface area contributed by atoms with Crippen LogP contribution in [0, 0.1) is 39.7 Å². The van der Waals surface area contributed by atoms with Crippen molar-refractivity contribution >= 4 is 15.4 Å². The van der Waals surface area contributed by atoms with Gasteiger partial charge in [0.05, 0.1) is 21.8 Å². The highest BCUT2D eigenvalue weighted by Gasteiger charge is 2.38. The van der Waals surface area contributed by atoms with Crippen LogP contribution in [-0.2, 0) is 9.63 Å². The molecular formula is C32H26F2N2O4S. The van der Waals surface area contributed by atoms with E-state index in [-0.39, 0.29) is 43.8 Å². The number of hydrogen-bond acceptors (Lipinski definition) is 4. The molecule has 0 spiro atoms. The number of halogens is 2. The normalized spacial score (nSPS) is 12.6. The minimum Gasteiger partial charge on any atom is -0.304 e. The highest BCUT2D eigenvalue weighted by atomic mass is 32.3. The molecule has 4 aromatic rings. The Hall–Kier alpha value is -4.54. The lowest BCUT2D eigenvalue weighted by Gasteiger charge is -2.36. The quantitative estimate of drug-likeness (QED) is 0.232. The largest absolute Gasteiger partial charge is 0.304 e. The van der Waals surface area contributed by atoms with Crippen molar-refractivity contribution in [3.05, 3.63) is 113 Å². The average molecular weight is 573 g/mol. The first-order valence-corrected chi connectivity index (χ1v) is 14.5. The van der Waals surface area contributed by atoms with Crippen LogP contribution in [0.4, 0.5) is 8.78 Å². The molecule has 4 rings (SSSR count). The fraction of sp³-hybridized carbons (Fsp3) is 0.156. The van der Waals surface area contributed by atoms with E-state index in [2.05, 4.69) is 0 Å². The Morgan fingerprint density at radius 2 is 1.37 bits per heavy atom. The Bertz CT molecular complexity index is 1860. The first-order chi connectivity index (χ1) is 19.1. The van der Waals surface area contributed by atoms with Gasteiger partial charge in [-0.3, -0.25) is 4.79 Å². The van der Waals surface area contributed by atoms with Crippen molar-refractivity contribution in [1.82, 2.24) is 0 Å². The highest BCUT2D eigenvalue weighted by Crippen LogP contribution is 2.38. The van der Waals surface area contributed by atoms with Crippen molar-refractivity contribution in [3.63, 3.8) is 0 Å². The van der Waals surface area contributed by atoms with Gasteiger partial charge in [-0.2, -0.15) is 10.5 Å². The first-order valence-electron chi connectivity index (χ1n) is 12.5. The Labute approximate surface area is 236 Å². The zero-order valence-corrected chi connectivity index (χ0v) is 23.3. The zero-order chi connectivity index (χ0) is 30.2. The molecule has 4 aromatic carbocycles. The van der Waals surface area contributed by atoms with Gasteiger partial charge in [0.2, 0.25) is 0 Å². The summed E-state index contributed by atoms with van der Waals surface area (Å²) in [6, 6.07) is 21.2. The van der Waals surface area contributed by atoms with E-state index in [0.717, 1.165) is 18.2 Å². The zero-order valence-electron chi connectivity index (χ0n) is 22.5. The number of rotatable bonds is 6. The number of nitrogens with zero attached hydrogens (tertiary/aromatic N) is 2. The van der Waals surface area contributed by atoms with Gasteiger partial charge in [-0.05, 0) is 46.9 Å². The van der Waals surface area contributed by atoms with Crippen LogP contribution in [0.5, 0.6) is 0 Å². The molecule has 9 heteroatoms. The topological polar surface area (TPSA) is 122 Å². The summed E-state index contributed by atoms with van der Waals surface area (Å²) < 4.78 is 64.0. The van der Waals surface area contributed by atoms with E-state index in [4.69, 9.17) is 0 Å². The standard InChI is InChI=1S/C32H26F2N2O4S/c1-32(2,3)19-41(38,39,40)22-8-4-7-21(15-22)31(37)26-16-20(23-9-5-11-29(33)27(23)17-35)13-14-25(26)24-10-6-12-30(34)28(24)18-36/h4-16H,19H2,1-3H3,(H2,38,39,40). The molecule has 0 aromatic heterocycles. The number of hydrogen-bond donors (Lipinski definition) is 2. The van der Waals surface area contributed by atoms with E-state index in [9.17, 15) is 37.4 Å². The number of carbonyl (C=O) groups is 1. The fourth-order valence-electron chi connectivity index (χ4n) is 4.79. The maximum Gasteiger partial charge on any atom is 0.193 e. The summed E-state index contributed by atoms with van der Waals surface area (Å²) in [5, 5.41) is 19.2. The number of carbonyl (C=O) groups excluding carboxylic acids is 1. The van der Waals surface area contributed by atoms with E-state index in [0.29, 0.717) is 5.56 Å². The van der Waals surface area contributed by atoms with Gasteiger partial charge in [0.15, 0.2) is 5.78 Å². The molecule has 41 heavy (non-hydrogen) atoms. The Morgan fingerprint density at radius 3 is 1.95 bits per heavy atom. The van der Waals surface area contributed by atoms with Gasteiger partial charge in [0, 0.05) is 22.3 Å². The second-order valence-corrected chi connectivity index (χ2v) is 13.7. The summed E-state index contributed by atoms with van der Waals surface area (Å²) in [6.45, 7) is 5.06. The molecule has 0 aliphatic heterocycles. The predicted molar refractivity (Wildman–Crippen MR) is 153 cm³/mol. The number of ketones is 1. The van der Waals surface area contributed by atoms with Crippen LogP contribution in [-0.4, -0.2) is 24.9 Å². The van der Waals surface area contributed by atoms with Crippen LogP contribution in [0.2, 0.25) is 0 Å². The van der Waals surface area contributed by atoms with Gasteiger partial charge in [-0.25, -0.2) is 13.0 Å². The second kappa shape index (κ2) is 10.5. The number of nitriles is 2. The SMILES string of the molecule is CC(C)(C)CS(=O)(O)(O)c1cccc(C(=O)c2cc(-c3cccc(F)c3C#N)ccc2-c2cccc(F)c2C#N)c1. The molecule has 6 nitrogen and oxygen atoms in total. The van der Waals surface area contributed by atoms with Crippen LogP contribution in [0.15, 0.2) is 83.8 Å². The third-order valence-corrected chi connectivity index (χ3v) is 8.97. The number of benzene rings is 4. The van der Waals surface area contributed by atoms with Crippen LogP contribution in [0.25, 0.3) is 22.3 Å². The highest BCUT2D eigenvalue weighted by molar-refractivity contribution is 8.10. The average Bonchev–Trinajstić information content (AvgIpc) is 2.90. The molecule has 0 atom stereocenters. The molecular weight excluding hydrogens is 546 g/mol. The molecule has 0 radical (unpaired) electrons. The molecule has 0 saturated carbocycles. The van der Waals surface area contributed by atoms with Crippen molar-refractivity contribution in [1.29, 1.82) is 10.5 Å². The van der Waals surface area contributed by atoms with Crippen molar-refractivity contribution in [2.45, 2.75) is 25.7 Å². The molecule has 0 heterocycles. The van der Waals surface area contributed by atoms with Crippen LogP contribution < -0.4 is 0 Å². The van der Waals surface area contributed by atoms with Crippen molar-refractivity contribution in [3.8, 4) is 34.4 Å². The molecule has 208 valence electrons. The predicted octanol–water partition coefficient (Wildman–Crippen LogP) is 7.44. The second-order valence-electron chi connectivity index (χ2n) is 10.9. The van der Waals surface area contributed by atoms with Crippen LogP contribution in [0.3, 0.4) is 0 Å². The summed E-state index contributed by atoms with van der Waals surface area (Å²) in [6.07, 6.45) is 0. The fourth-order valence-corrected chi connectivity index (χ4v) is 7.23. The van der Waals surface area contributed by atoms with E-state index < -0.39 is 38.2 Å². The minimum absolute atomic E-state index is 0.0369. The minimum atomic E-state index is -5.35. The molecule has 2 N–H and O–H groups in total. The van der Waals surface area contributed by atoms with Crippen LogP contribution >= 0.6 is 0 Å². The molecule has 0 saturated heterocycles. The van der Waals surface area contributed by atoms with Crippen molar-refractivity contribution in [2.75, 3.05) is 5.75 Å². The monoisotopic (exact) mass is 572 g/mol. The smallest absolute Gasteiger partial charge is 0.193 e. The summed E-state index contributed by atoms with van der Waals surface area (Å²) in [5.41, 5.74) is -0.563. The van der Waals surface area contributed by atoms with Gasteiger partial charge in [0.1, 0.15) is 33.4 Å². The lowest BCUT2D eigenvalue weighted by atomic mass is 9.88. The van der Waals surface area contributed by atoms with Gasteiger partial charge < -0.3 is 9.11 Å². The molecule has 0 aliphatic carbocycles. The lowest BCUT2D eigenvalue weighted by Crippen LogP contribution is -2.41. The van der Waals surface area contributed by atoms with Gasteiger partial charge in [-0.15, -0.1) is 0 Å². The third-order valence-electron chi connectivity index (χ3n) is 6.38. The van der Waals surface area contributed by atoms with Crippen molar-refractivity contribution < 1.29 is 26.9 Å². The third kappa shape index (κ3) is 5.98. The molecule has 0 amide bonds. The maximum atomic E-state index is 14.6. The van der Waals surface area contributed by atoms with E-state index in [1.807, 2.05) is 12.1 Å². The Morgan fingerprint density at radius 1 is 0.805 bits per heavy atom. The molecule has 0 fully saturated rings. The van der Waals surface area contributed by atoms with Crippen LogP contribution in [0.1, 0.15) is 47.8 Å². The molecule has 0 aliphatic rings. The van der Waals surface area contributed by atoms with Crippen molar-refractivity contribution in [2.24, 2.45) is 5.41 Å². The summed E-state index contributed by atoms with van der Waals surface area (Å²) >= 11 is 0. The Balaban J connectivity index is 1.97. The molecule has 0 bridgehead atoms. The van der Waals surface area contributed by atoms with Gasteiger partial charge in [0.25, 0.3) is 0 Å². The maximum absolute atomic E-state index is 14.6. The van der Waals surface area contributed by atoms with E-state index >= 15 is 0 Å². The molecule has 0 unspecified atom stereocenters. The van der Waals surface area contributed by atoms with E-state index in [1.165, 1.54) is 60.7 Å². The summed E-state index contributed by atoms with van der Waals surface area (Å²) in [4.78, 5) is 13.7. The summed E-state index contributed by atoms with van der Waals surface area (Å²) in [5.74, 6) is -2.70. The van der Waals surface area contributed by atoms with E-state index in [1.54, 1.807) is 20.8 Å². The van der Waals surface area contributed by atoms with Gasteiger partial charge >= 0.3 is 0 Å². The summed E-state index contributed by atoms with van der Waals surface area (Å²) in [7, 11) is -5.35. The Kier molecular flexibility index (Phi) is 7.51. The lowest BCUT2D eigenvalue weighted by molar-refractivity contribution is 0.103. The first kappa shape index (κ1) is 29.4.